The molecular formula is C16H24O4. The fourth-order valence-corrected chi connectivity index (χ4v) is 1.59. The molecule has 0 spiro atoms. The van der Waals surface area contributed by atoms with Crippen LogP contribution >= 0.6 is 0 Å². The van der Waals surface area contributed by atoms with Crippen LogP contribution in [0.2, 0.25) is 0 Å². The molecule has 0 heterocycles. The third-order valence-electron chi connectivity index (χ3n) is 2.78. The zero-order valence-corrected chi connectivity index (χ0v) is 12.8. The molecule has 0 atom stereocenters. The standard InChI is InChI=1S/C16H24O4/c1-5-10-18-11-12-19-20-15(17)13-6-8-14(9-7-13)16(2,3)4/h6-9H,5,10-12H2,1-4H3. The first-order chi connectivity index (χ1) is 9.45. The monoisotopic (exact) mass is 280 g/mol. The lowest BCUT2D eigenvalue weighted by Gasteiger charge is -2.18. The lowest BCUT2D eigenvalue weighted by Crippen LogP contribution is -2.13. The first-order valence-electron chi connectivity index (χ1n) is 6.97. The second kappa shape index (κ2) is 8.02. The van der Waals surface area contributed by atoms with E-state index in [1.807, 2.05) is 19.1 Å². The van der Waals surface area contributed by atoms with Crippen molar-refractivity contribution in [1.82, 2.24) is 0 Å². The van der Waals surface area contributed by atoms with Gasteiger partial charge >= 0.3 is 5.97 Å². The van der Waals surface area contributed by atoms with Crippen molar-refractivity contribution in [2.45, 2.75) is 39.5 Å². The average Bonchev–Trinajstić information content (AvgIpc) is 2.41. The minimum atomic E-state index is -0.485. The maximum atomic E-state index is 11.7. The topological polar surface area (TPSA) is 44.8 Å². The lowest BCUT2D eigenvalue weighted by atomic mass is 9.87. The van der Waals surface area contributed by atoms with Gasteiger partial charge in [-0.25, -0.2) is 4.79 Å². The molecule has 1 aromatic rings. The second-order valence-electron chi connectivity index (χ2n) is 5.63. The van der Waals surface area contributed by atoms with Crippen LogP contribution in [0.25, 0.3) is 0 Å². The Morgan fingerprint density at radius 1 is 1.05 bits per heavy atom. The van der Waals surface area contributed by atoms with Crippen LogP contribution in [0.4, 0.5) is 0 Å². The molecule has 4 nitrogen and oxygen atoms in total. The fraction of sp³-hybridized carbons (Fsp3) is 0.562. The van der Waals surface area contributed by atoms with Gasteiger partial charge in [-0.2, -0.15) is 4.89 Å². The molecule has 1 rings (SSSR count). The quantitative estimate of drug-likeness (QED) is 0.435. The summed E-state index contributed by atoms with van der Waals surface area (Å²) in [4.78, 5) is 21.2. The van der Waals surface area contributed by atoms with E-state index in [-0.39, 0.29) is 12.0 Å². The summed E-state index contributed by atoms with van der Waals surface area (Å²) >= 11 is 0. The molecule has 1 aromatic carbocycles. The number of benzene rings is 1. The van der Waals surface area contributed by atoms with E-state index in [4.69, 9.17) is 14.5 Å². The summed E-state index contributed by atoms with van der Waals surface area (Å²) in [5, 5.41) is 0. The number of carbonyl (C=O) groups is 1. The highest BCUT2D eigenvalue weighted by molar-refractivity contribution is 5.88. The van der Waals surface area contributed by atoms with Crippen molar-refractivity contribution >= 4 is 5.97 Å². The van der Waals surface area contributed by atoms with Gasteiger partial charge in [-0.15, -0.1) is 0 Å². The smallest absolute Gasteiger partial charge is 0.373 e. The van der Waals surface area contributed by atoms with Crippen LogP contribution in [-0.2, 0) is 19.9 Å². The van der Waals surface area contributed by atoms with Crippen molar-refractivity contribution in [2.24, 2.45) is 0 Å². The molecule has 0 unspecified atom stereocenters. The molecule has 0 radical (unpaired) electrons. The van der Waals surface area contributed by atoms with E-state index in [2.05, 4.69) is 20.8 Å². The van der Waals surface area contributed by atoms with Crippen molar-refractivity contribution < 1.29 is 19.3 Å². The highest BCUT2D eigenvalue weighted by Crippen LogP contribution is 2.22. The molecule has 0 saturated carbocycles. The van der Waals surface area contributed by atoms with Gasteiger partial charge in [-0.1, -0.05) is 39.8 Å². The van der Waals surface area contributed by atoms with Gasteiger partial charge in [0.15, 0.2) is 0 Å². The SMILES string of the molecule is CCCOCCOOC(=O)c1ccc(C(C)(C)C)cc1. The summed E-state index contributed by atoms with van der Waals surface area (Å²) in [6.45, 7) is 9.75. The summed E-state index contributed by atoms with van der Waals surface area (Å²) in [7, 11) is 0. The van der Waals surface area contributed by atoms with E-state index in [1.54, 1.807) is 12.1 Å². The highest BCUT2D eigenvalue weighted by Gasteiger charge is 2.15. The summed E-state index contributed by atoms with van der Waals surface area (Å²) in [6.07, 6.45) is 0.958. The van der Waals surface area contributed by atoms with E-state index in [9.17, 15) is 4.79 Å². The molecular weight excluding hydrogens is 256 g/mol. The molecule has 0 aliphatic carbocycles. The van der Waals surface area contributed by atoms with Crippen molar-refractivity contribution in [2.75, 3.05) is 19.8 Å². The van der Waals surface area contributed by atoms with E-state index in [0.717, 1.165) is 6.42 Å². The van der Waals surface area contributed by atoms with Crippen molar-refractivity contribution in [1.29, 1.82) is 0 Å². The van der Waals surface area contributed by atoms with Crippen LogP contribution in [0.1, 0.15) is 50.0 Å². The first-order valence-corrected chi connectivity index (χ1v) is 6.97. The summed E-state index contributed by atoms with van der Waals surface area (Å²) in [5.74, 6) is -0.485. The lowest BCUT2D eigenvalue weighted by molar-refractivity contribution is -0.247. The second-order valence-corrected chi connectivity index (χ2v) is 5.63. The average molecular weight is 280 g/mol. The van der Waals surface area contributed by atoms with Gasteiger partial charge in [-0.3, -0.25) is 4.89 Å². The van der Waals surface area contributed by atoms with Crippen LogP contribution in [0.15, 0.2) is 24.3 Å². The molecule has 0 saturated heterocycles. The fourth-order valence-electron chi connectivity index (χ4n) is 1.59. The number of hydrogen-bond acceptors (Lipinski definition) is 4. The van der Waals surface area contributed by atoms with Crippen molar-refractivity contribution in [3.05, 3.63) is 35.4 Å². The van der Waals surface area contributed by atoms with E-state index in [0.29, 0.717) is 18.8 Å². The van der Waals surface area contributed by atoms with Crippen LogP contribution < -0.4 is 0 Å². The zero-order chi connectivity index (χ0) is 15.0. The van der Waals surface area contributed by atoms with Gasteiger partial charge in [0.2, 0.25) is 0 Å². The Morgan fingerprint density at radius 2 is 1.70 bits per heavy atom. The van der Waals surface area contributed by atoms with E-state index >= 15 is 0 Å². The Kier molecular flexibility index (Phi) is 6.68. The Balaban J connectivity index is 2.37. The normalized spacial score (nSPS) is 11.4. The molecule has 112 valence electrons. The molecule has 0 fully saturated rings. The zero-order valence-electron chi connectivity index (χ0n) is 12.8. The minimum absolute atomic E-state index is 0.0650. The van der Waals surface area contributed by atoms with Crippen LogP contribution in [0, 0.1) is 0 Å². The van der Waals surface area contributed by atoms with Crippen molar-refractivity contribution in [3.63, 3.8) is 0 Å². The molecule has 0 amide bonds. The predicted octanol–water partition coefficient (Wildman–Crippen LogP) is 3.50. The molecule has 4 heteroatoms. The number of hydrogen-bond donors (Lipinski definition) is 0. The summed E-state index contributed by atoms with van der Waals surface area (Å²) in [5.41, 5.74) is 1.71. The maximum absolute atomic E-state index is 11.7. The van der Waals surface area contributed by atoms with Gasteiger partial charge in [0.05, 0.1) is 12.2 Å². The third kappa shape index (κ3) is 5.72. The molecule has 0 aromatic heterocycles. The summed E-state index contributed by atoms with van der Waals surface area (Å²) in [6, 6.07) is 7.36. The Hall–Kier alpha value is -1.39. The number of ether oxygens (including phenoxy) is 1. The first kappa shape index (κ1) is 16.7. The van der Waals surface area contributed by atoms with Crippen LogP contribution in [0.3, 0.4) is 0 Å². The Morgan fingerprint density at radius 3 is 2.25 bits per heavy atom. The molecule has 0 N–H and O–H groups in total. The maximum Gasteiger partial charge on any atom is 0.373 e. The highest BCUT2D eigenvalue weighted by atomic mass is 17.2. The van der Waals surface area contributed by atoms with Crippen molar-refractivity contribution in [3.8, 4) is 0 Å². The van der Waals surface area contributed by atoms with Gasteiger partial charge < -0.3 is 4.74 Å². The molecule has 0 aliphatic heterocycles. The minimum Gasteiger partial charge on any atom is -0.379 e. The van der Waals surface area contributed by atoms with Crippen LogP contribution in [-0.4, -0.2) is 25.8 Å². The molecule has 0 bridgehead atoms. The third-order valence-corrected chi connectivity index (χ3v) is 2.78. The summed E-state index contributed by atoms with van der Waals surface area (Å²) < 4.78 is 5.21. The van der Waals surface area contributed by atoms with E-state index in [1.165, 1.54) is 5.56 Å². The number of carbonyl (C=O) groups excluding carboxylic acids is 1. The molecule has 0 aliphatic rings. The van der Waals surface area contributed by atoms with Gasteiger partial charge in [0.25, 0.3) is 0 Å². The van der Waals surface area contributed by atoms with Crippen LogP contribution in [0.5, 0.6) is 0 Å². The largest absolute Gasteiger partial charge is 0.379 e. The Labute approximate surface area is 121 Å². The Bertz CT molecular complexity index is 403. The van der Waals surface area contributed by atoms with Gasteiger partial charge in [0.1, 0.15) is 6.61 Å². The van der Waals surface area contributed by atoms with Gasteiger partial charge in [0, 0.05) is 6.61 Å². The van der Waals surface area contributed by atoms with Gasteiger partial charge in [-0.05, 0) is 29.5 Å². The van der Waals surface area contributed by atoms with E-state index < -0.39 is 5.97 Å². The molecule has 20 heavy (non-hydrogen) atoms. The predicted molar refractivity (Wildman–Crippen MR) is 77.6 cm³/mol. The number of rotatable bonds is 7.